The number of carboxylic acids is 1. The summed E-state index contributed by atoms with van der Waals surface area (Å²) >= 11 is 1.73. The van der Waals surface area contributed by atoms with Crippen molar-refractivity contribution in [1.82, 2.24) is 9.88 Å². The van der Waals surface area contributed by atoms with Gasteiger partial charge in [0.05, 0.1) is 12.5 Å². The fourth-order valence-electron chi connectivity index (χ4n) is 3.37. The number of carboxylic acid groups (broad SMARTS) is 1. The van der Waals surface area contributed by atoms with E-state index in [1.54, 1.807) is 11.3 Å². The summed E-state index contributed by atoms with van der Waals surface area (Å²) in [7, 11) is 0. The Labute approximate surface area is 117 Å². The van der Waals surface area contributed by atoms with Crippen LogP contribution in [0, 0.1) is 12.8 Å². The van der Waals surface area contributed by atoms with E-state index >= 15 is 0 Å². The van der Waals surface area contributed by atoms with Gasteiger partial charge >= 0.3 is 5.97 Å². The quantitative estimate of drug-likeness (QED) is 0.925. The lowest BCUT2D eigenvalue weighted by Crippen LogP contribution is -2.58. The molecule has 0 amide bonds. The van der Waals surface area contributed by atoms with Crippen molar-refractivity contribution in [2.45, 2.75) is 51.1 Å². The van der Waals surface area contributed by atoms with E-state index in [-0.39, 0.29) is 11.5 Å². The second kappa shape index (κ2) is 4.87. The summed E-state index contributed by atoms with van der Waals surface area (Å²) in [5.74, 6) is -0.846. The molecule has 1 N–H and O–H groups in total. The first kappa shape index (κ1) is 13.1. The highest BCUT2D eigenvalue weighted by Gasteiger charge is 2.47. The lowest BCUT2D eigenvalue weighted by atomic mass is 9.68. The molecule has 1 unspecified atom stereocenters. The molecule has 0 radical (unpaired) electrons. The van der Waals surface area contributed by atoms with Gasteiger partial charge in [-0.2, -0.15) is 0 Å². The maximum atomic E-state index is 11.2. The Balaban J connectivity index is 1.75. The Hall–Kier alpha value is -0.940. The Bertz CT molecular complexity index is 482. The fourth-order valence-corrected chi connectivity index (χ4v) is 4.18. The molecule has 2 heterocycles. The number of aryl methyl sites for hydroxylation is 1. The van der Waals surface area contributed by atoms with Crippen LogP contribution in [0.2, 0.25) is 0 Å². The number of aromatic nitrogens is 1. The van der Waals surface area contributed by atoms with Gasteiger partial charge in [0, 0.05) is 23.2 Å². The lowest BCUT2D eigenvalue weighted by molar-refractivity contribution is -0.147. The van der Waals surface area contributed by atoms with Crippen molar-refractivity contribution in [3.05, 3.63) is 16.1 Å². The summed E-state index contributed by atoms with van der Waals surface area (Å²) in [6.45, 7) is 3.58. The molecule has 1 saturated carbocycles. The topological polar surface area (TPSA) is 53.4 Å². The van der Waals surface area contributed by atoms with Crippen LogP contribution in [0.25, 0.3) is 0 Å². The van der Waals surface area contributed by atoms with Crippen molar-refractivity contribution in [1.29, 1.82) is 0 Å². The molecular weight excluding hydrogens is 260 g/mol. The highest BCUT2D eigenvalue weighted by Crippen LogP contribution is 2.46. The first-order valence-corrected chi connectivity index (χ1v) is 7.80. The monoisotopic (exact) mass is 280 g/mol. The lowest BCUT2D eigenvalue weighted by Gasteiger charge is -2.54. The molecule has 1 aliphatic carbocycles. The molecule has 1 aromatic rings. The normalized spacial score (nSPS) is 26.3. The predicted octanol–water partition coefficient (Wildman–Crippen LogP) is 2.67. The van der Waals surface area contributed by atoms with Crippen molar-refractivity contribution in [2.75, 3.05) is 6.54 Å². The highest BCUT2D eigenvalue weighted by atomic mass is 32.1. The molecule has 4 nitrogen and oxygen atoms in total. The summed E-state index contributed by atoms with van der Waals surface area (Å²) in [4.78, 5) is 19.3. The smallest absolute Gasteiger partial charge is 0.307 e. The van der Waals surface area contributed by atoms with Gasteiger partial charge in [-0.05, 0) is 39.0 Å². The molecule has 1 aromatic heterocycles. The molecule has 0 aromatic carbocycles. The molecule has 1 atom stereocenters. The third kappa shape index (κ3) is 2.41. The molecule has 2 aliphatic rings. The first-order valence-electron chi connectivity index (χ1n) is 6.98. The number of thiazole rings is 1. The Morgan fingerprint density at radius 1 is 1.58 bits per heavy atom. The molecular formula is C14H20N2O2S. The molecule has 1 spiro atoms. The molecule has 5 heteroatoms. The van der Waals surface area contributed by atoms with Crippen LogP contribution < -0.4 is 0 Å². The van der Waals surface area contributed by atoms with E-state index in [0.717, 1.165) is 24.4 Å². The van der Waals surface area contributed by atoms with Crippen molar-refractivity contribution >= 4 is 17.3 Å². The third-order valence-corrected chi connectivity index (χ3v) is 5.60. The van der Waals surface area contributed by atoms with Crippen LogP contribution in [0.15, 0.2) is 6.20 Å². The zero-order chi connectivity index (χ0) is 13.5. The molecule has 3 rings (SSSR count). The first-order chi connectivity index (χ1) is 9.09. The molecule has 0 bridgehead atoms. The Morgan fingerprint density at radius 3 is 2.89 bits per heavy atom. The zero-order valence-corrected chi connectivity index (χ0v) is 12.1. The summed E-state index contributed by atoms with van der Waals surface area (Å²) in [5.41, 5.74) is 0.283. The van der Waals surface area contributed by atoms with E-state index in [1.165, 1.54) is 24.1 Å². The number of likely N-dealkylation sites (tertiary alicyclic amines) is 1. The zero-order valence-electron chi connectivity index (χ0n) is 11.3. The standard InChI is InChI=1S/C14H20N2O2S/c1-10-7-15-12(19-10)9-16-8-11(13(17)18)3-6-14(16)4-2-5-14/h7,11H,2-6,8-9H2,1H3,(H,17,18). The minimum atomic E-state index is -0.644. The average Bonchev–Trinajstić information content (AvgIpc) is 2.72. The van der Waals surface area contributed by atoms with E-state index in [1.807, 2.05) is 6.20 Å². The van der Waals surface area contributed by atoms with Gasteiger partial charge < -0.3 is 5.11 Å². The van der Waals surface area contributed by atoms with Crippen LogP contribution in [-0.2, 0) is 11.3 Å². The van der Waals surface area contributed by atoms with Crippen molar-refractivity contribution in [2.24, 2.45) is 5.92 Å². The number of aliphatic carboxylic acids is 1. The number of piperidine rings is 1. The Kier molecular flexibility index (Phi) is 3.35. The fraction of sp³-hybridized carbons (Fsp3) is 0.714. The third-order valence-electron chi connectivity index (χ3n) is 4.70. The van der Waals surface area contributed by atoms with Crippen LogP contribution in [0.1, 0.15) is 42.0 Å². The summed E-state index contributed by atoms with van der Waals surface area (Å²) in [5, 5.41) is 10.4. The average molecular weight is 280 g/mol. The van der Waals surface area contributed by atoms with Crippen molar-refractivity contribution in [3.8, 4) is 0 Å². The molecule has 104 valence electrons. The largest absolute Gasteiger partial charge is 0.481 e. The molecule has 1 aliphatic heterocycles. The van der Waals surface area contributed by atoms with Gasteiger partial charge in [-0.1, -0.05) is 0 Å². The van der Waals surface area contributed by atoms with E-state index in [4.69, 9.17) is 0 Å². The van der Waals surface area contributed by atoms with Gasteiger partial charge in [0.15, 0.2) is 0 Å². The van der Waals surface area contributed by atoms with Gasteiger partial charge in [-0.15, -0.1) is 11.3 Å². The van der Waals surface area contributed by atoms with Crippen molar-refractivity contribution in [3.63, 3.8) is 0 Å². The summed E-state index contributed by atoms with van der Waals surface area (Å²) < 4.78 is 0. The summed E-state index contributed by atoms with van der Waals surface area (Å²) in [6, 6.07) is 0. The van der Waals surface area contributed by atoms with Gasteiger partial charge in [0.25, 0.3) is 0 Å². The van der Waals surface area contributed by atoms with Crippen LogP contribution in [0.4, 0.5) is 0 Å². The SMILES string of the molecule is Cc1cnc(CN2CC(C(=O)O)CCC23CCC3)s1. The van der Waals surface area contributed by atoms with Crippen LogP contribution in [0.3, 0.4) is 0 Å². The van der Waals surface area contributed by atoms with Gasteiger partial charge in [0.1, 0.15) is 5.01 Å². The second-order valence-electron chi connectivity index (χ2n) is 5.90. The second-order valence-corrected chi connectivity index (χ2v) is 7.22. The number of carbonyl (C=O) groups is 1. The van der Waals surface area contributed by atoms with Gasteiger partial charge in [-0.3, -0.25) is 9.69 Å². The highest BCUT2D eigenvalue weighted by molar-refractivity contribution is 7.11. The van der Waals surface area contributed by atoms with Crippen molar-refractivity contribution < 1.29 is 9.90 Å². The van der Waals surface area contributed by atoms with Gasteiger partial charge in [0.2, 0.25) is 0 Å². The number of hydrogen-bond acceptors (Lipinski definition) is 4. The molecule has 1 saturated heterocycles. The van der Waals surface area contributed by atoms with E-state index in [9.17, 15) is 9.90 Å². The minimum Gasteiger partial charge on any atom is -0.481 e. The van der Waals surface area contributed by atoms with Crippen LogP contribution in [0.5, 0.6) is 0 Å². The maximum absolute atomic E-state index is 11.2. The molecule has 2 fully saturated rings. The summed E-state index contributed by atoms with van der Waals surface area (Å²) in [6.07, 6.45) is 7.52. The minimum absolute atomic E-state index is 0.202. The van der Waals surface area contributed by atoms with Gasteiger partial charge in [-0.25, -0.2) is 4.98 Å². The Morgan fingerprint density at radius 2 is 2.37 bits per heavy atom. The number of hydrogen-bond donors (Lipinski definition) is 1. The van der Waals surface area contributed by atoms with E-state index in [0.29, 0.717) is 6.54 Å². The van der Waals surface area contributed by atoms with E-state index in [2.05, 4.69) is 16.8 Å². The number of nitrogens with zero attached hydrogens (tertiary/aromatic N) is 2. The van der Waals surface area contributed by atoms with Crippen LogP contribution in [-0.4, -0.2) is 33.0 Å². The molecule has 19 heavy (non-hydrogen) atoms. The van der Waals surface area contributed by atoms with Crippen LogP contribution >= 0.6 is 11.3 Å². The van der Waals surface area contributed by atoms with E-state index < -0.39 is 5.97 Å². The predicted molar refractivity (Wildman–Crippen MR) is 74.2 cm³/mol. The maximum Gasteiger partial charge on any atom is 0.307 e. The number of rotatable bonds is 3.